The first-order chi connectivity index (χ1) is 12.1. The van der Waals surface area contributed by atoms with Crippen molar-refractivity contribution in [2.24, 2.45) is 0 Å². The largest absolute Gasteiger partial charge is 0.490 e. The van der Waals surface area contributed by atoms with Crippen LogP contribution in [0.4, 0.5) is 5.69 Å². The Labute approximate surface area is 153 Å². The zero-order valence-corrected chi connectivity index (χ0v) is 15.8. The molecule has 0 saturated heterocycles. The summed E-state index contributed by atoms with van der Waals surface area (Å²) in [5, 5.41) is 2.92. The van der Waals surface area contributed by atoms with Crippen LogP contribution >= 0.6 is 11.8 Å². The number of thioether (sulfide) groups is 1. The van der Waals surface area contributed by atoms with Gasteiger partial charge in [-0.15, -0.1) is 11.8 Å². The van der Waals surface area contributed by atoms with Crippen LogP contribution < -0.4 is 14.8 Å². The van der Waals surface area contributed by atoms with Gasteiger partial charge in [-0.2, -0.15) is 0 Å². The van der Waals surface area contributed by atoms with Gasteiger partial charge in [-0.25, -0.2) is 0 Å². The highest BCUT2D eigenvalue weighted by atomic mass is 32.2. The Morgan fingerprint density at radius 2 is 1.76 bits per heavy atom. The van der Waals surface area contributed by atoms with Crippen LogP contribution in [-0.2, 0) is 10.5 Å². The van der Waals surface area contributed by atoms with Crippen molar-refractivity contribution in [3.63, 3.8) is 0 Å². The molecule has 2 rings (SSSR count). The van der Waals surface area contributed by atoms with Crippen LogP contribution in [0.3, 0.4) is 0 Å². The van der Waals surface area contributed by atoms with Gasteiger partial charge in [0.1, 0.15) is 0 Å². The summed E-state index contributed by atoms with van der Waals surface area (Å²) in [5.41, 5.74) is 3.23. The van der Waals surface area contributed by atoms with E-state index in [4.69, 9.17) is 9.47 Å². The fourth-order valence-corrected chi connectivity index (χ4v) is 3.26. The van der Waals surface area contributed by atoms with Crippen LogP contribution in [0.5, 0.6) is 11.5 Å². The molecule has 1 amide bonds. The van der Waals surface area contributed by atoms with Gasteiger partial charge >= 0.3 is 0 Å². The molecule has 0 saturated carbocycles. The summed E-state index contributed by atoms with van der Waals surface area (Å²) in [6.45, 7) is 7.05. The molecule has 4 nitrogen and oxygen atoms in total. The minimum atomic E-state index is -0.0230. The highest BCUT2D eigenvalue weighted by Gasteiger charge is 2.09. The predicted octanol–water partition coefficient (Wildman–Crippen LogP) is 4.66. The molecule has 0 aliphatic carbocycles. The maximum atomic E-state index is 12.2. The molecule has 0 aliphatic heterocycles. The smallest absolute Gasteiger partial charge is 0.234 e. The van der Waals surface area contributed by atoms with Crippen molar-refractivity contribution in [2.45, 2.75) is 26.5 Å². The highest BCUT2D eigenvalue weighted by molar-refractivity contribution is 7.99. The molecular weight excluding hydrogens is 334 g/mol. The Balaban J connectivity index is 1.89. The minimum absolute atomic E-state index is 0.0230. The first-order valence-electron chi connectivity index (χ1n) is 8.45. The van der Waals surface area contributed by atoms with Crippen molar-refractivity contribution in [1.29, 1.82) is 0 Å². The maximum Gasteiger partial charge on any atom is 0.234 e. The molecule has 5 heteroatoms. The normalized spacial score (nSPS) is 10.4. The lowest BCUT2D eigenvalue weighted by atomic mass is 10.1. The maximum absolute atomic E-state index is 12.2. The molecule has 0 atom stereocenters. The van der Waals surface area contributed by atoms with Gasteiger partial charge in [0.05, 0.1) is 19.0 Å². The second-order valence-corrected chi connectivity index (χ2v) is 6.48. The third-order valence-corrected chi connectivity index (χ3v) is 4.56. The van der Waals surface area contributed by atoms with Crippen LogP contribution in [0, 0.1) is 6.92 Å². The van der Waals surface area contributed by atoms with Gasteiger partial charge < -0.3 is 14.8 Å². The van der Waals surface area contributed by atoms with Crippen LogP contribution in [0.2, 0.25) is 0 Å². The van der Waals surface area contributed by atoms with Gasteiger partial charge in [-0.3, -0.25) is 4.79 Å². The van der Waals surface area contributed by atoms with Gasteiger partial charge in [0, 0.05) is 17.5 Å². The summed E-state index contributed by atoms with van der Waals surface area (Å²) in [6, 6.07) is 13.7. The van der Waals surface area contributed by atoms with Gasteiger partial charge in [0.15, 0.2) is 11.5 Å². The number of carbonyl (C=O) groups excluding carboxylic acids is 1. The Morgan fingerprint density at radius 1 is 1.04 bits per heavy atom. The van der Waals surface area contributed by atoms with Gasteiger partial charge in [0.2, 0.25) is 5.91 Å². The van der Waals surface area contributed by atoms with Gasteiger partial charge in [-0.1, -0.05) is 24.3 Å². The number of hydrogen-bond donors (Lipinski definition) is 1. The average Bonchev–Trinajstić information content (AvgIpc) is 2.59. The second-order valence-electron chi connectivity index (χ2n) is 5.49. The van der Waals surface area contributed by atoms with Crippen LogP contribution in [-0.4, -0.2) is 24.9 Å². The number of ether oxygens (including phenoxy) is 2. The number of carbonyl (C=O) groups is 1. The predicted molar refractivity (Wildman–Crippen MR) is 105 cm³/mol. The molecule has 0 aliphatic rings. The van der Waals surface area contributed by atoms with E-state index in [1.807, 2.05) is 38.1 Å². The van der Waals surface area contributed by atoms with Crippen molar-refractivity contribution in [3.8, 4) is 11.5 Å². The number of nitrogens with one attached hydrogen (secondary N) is 1. The number of rotatable bonds is 9. The molecule has 0 aromatic heterocycles. The fraction of sp³-hybridized carbons (Fsp3) is 0.350. The molecule has 2 aromatic rings. The van der Waals surface area contributed by atoms with Crippen molar-refractivity contribution in [2.75, 3.05) is 24.3 Å². The Kier molecular flexibility index (Phi) is 7.67. The van der Waals surface area contributed by atoms with Crippen molar-refractivity contribution < 1.29 is 14.3 Å². The topological polar surface area (TPSA) is 47.6 Å². The van der Waals surface area contributed by atoms with Gasteiger partial charge in [-0.05, 0) is 44.0 Å². The lowest BCUT2D eigenvalue weighted by molar-refractivity contribution is -0.113. The lowest BCUT2D eigenvalue weighted by Crippen LogP contribution is -2.14. The molecule has 25 heavy (non-hydrogen) atoms. The van der Waals surface area contributed by atoms with E-state index in [9.17, 15) is 4.79 Å². The summed E-state index contributed by atoms with van der Waals surface area (Å²) < 4.78 is 11.1. The molecule has 2 aromatic carbocycles. The molecule has 134 valence electrons. The number of amides is 1. The molecule has 0 fully saturated rings. The van der Waals surface area contributed by atoms with E-state index >= 15 is 0 Å². The molecule has 0 spiro atoms. The summed E-state index contributed by atoms with van der Waals surface area (Å²) in [7, 11) is 0. The molecule has 0 radical (unpaired) electrons. The standard InChI is InChI=1S/C20H25NO3S/c1-4-23-18-11-10-17(12-19(18)24-5-2)21-20(22)14-25-13-16-9-7-6-8-15(16)3/h6-12H,4-5,13-14H2,1-3H3,(H,21,22). The van der Waals surface area contributed by atoms with E-state index < -0.39 is 0 Å². The van der Waals surface area contributed by atoms with Crippen LogP contribution in [0.1, 0.15) is 25.0 Å². The average molecular weight is 359 g/mol. The zero-order valence-electron chi connectivity index (χ0n) is 15.0. The van der Waals surface area contributed by atoms with Crippen molar-refractivity contribution in [1.82, 2.24) is 0 Å². The number of hydrogen-bond acceptors (Lipinski definition) is 4. The summed E-state index contributed by atoms with van der Waals surface area (Å²) >= 11 is 1.61. The molecule has 0 unspecified atom stereocenters. The fourth-order valence-electron chi connectivity index (χ4n) is 2.35. The van der Waals surface area contributed by atoms with Crippen molar-refractivity contribution >= 4 is 23.4 Å². The first kappa shape index (κ1) is 19.2. The molecular formula is C20H25NO3S. The Hall–Kier alpha value is -2.14. The lowest BCUT2D eigenvalue weighted by Gasteiger charge is -2.13. The SMILES string of the molecule is CCOc1ccc(NC(=O)CSCc2ccccc2C)cc1OCC. The molecule has 0 heterocycles. The van der Waals surface area contributed by atoms with Crippen molar-refractivity contribution in [3.05, 3.63) is 53.6 Å². The molecule has 1 N–H and O–H groups in total. The Bertz CT molecular complexity index is 703. The third kappa shape index (κ3) is 6.02. The highest BCUT2D eigenvalue weighted by Crippen LogP contribution is 2.30. The quantitative estimate of drug-likeness (QED) is 0.707. The van der Waals surface area contributed by atoms with E-state index in [-0.39, 0.29) is 5.91 Å². The second kappa shape index (κ2) is 9.99. The van der Waals surface area contributed by atoms with Crippen LogP contribution in [0.15, 0.2) is 42.5 Å². The summed E-state index contributed by atoms with van der Waals surface area (Å²) in [5.74, 6) is 2.55. The number of benzene rings is 2. The third-order valence-electron chi connectivity index (χ3n) is 3.58. The minimum Gasteiger partial charge on any atom is -0.490 e. The molecule has 0 bridgehead atoms. The first-order valence-corrected chi connectivity index (χ1v) is 9.61. The zero-order chi connectivity index (χ0) is 18.1. The van der Waals surface area contributed by atoms with E-state index in [2.05, 4.69) is 24.4 Å². The Morgan fingerprint density at radius 3 is 2.48 bits per heavy atom. The van der Waals surface area contributed by atoms with Crippen LogP contribution in [0.25, 0.3) is 0 Å². The van der Waals surface area contributed by atoms with E-state index in [0.29, 0.717) is 36.2 Å². The number of anilines is 1. The van der Waals surface area contributed by atoms with E-state index in [1.165, 1.54) is 11.1 Å². The van der Waals surface area contributed by atoms with Gasteiger partial charge in [0.25, 0.3) is 0 Å². The number of aryl methyl sites for hydroxylation is 1. The van der Waals surface area contributed by atoms with E-state index in [1.54, 1.807) is 17.8 Å². The summed E-state index contributed by atoms with van der Waals surface area (Å²) in [6.07, 6.45) is 0. The van der Waals surface area contributed by atoms with E-state index in [0.717, 1.165) is 5.75 Å². The summed E-state index contributed by atoms with van der Waals surface area (Å²) in [4.78, 5) is 12.2. The monoisotopic (exact) mass is 359 g/mol.